The molecular formula is C23H19F3O4. The molecule has 0 heterocycles. The summed E-state index contributed by atoms with van der Waals surface area (Å²) in [6.45, 7) is -0.731. The van der Waals surface area contributed by atoms with E-state index in [0.29, 0.717) is 16.9 Å². The number of halogens is 3. The number of aryl methyl sites for hydroxylation is 1. The highest BCUT2D eigenvalue weighted by atomic mass is 19.1. The van der Waals surface area contributed by atoms with Gasteiger partial charge in [-0.15, -0.1) is 0 Å². The van der Waals surface area contributed by atoms with Crippen LogP contribution in [-0.4, -0.2) is 24.8 Å². The molecule has 0 amide bonds. The number of benzene rings is 3. The molecule has 3 aromatic rings. The highest BCUT2D eigenvalue weighted by molar-refractivity contribution is 5.68. The van der Waals surface area contributed by atoms with Gasteiger partial charge in [0.15, 0.2) is 18.2 Å². The Labute approximate surface area is 171 Å². The Morgan fingerprint density at radius 3 is 2.37 bits per heavy atom. The fraction of sp³-hybridized carbons (Fsp3) is 0.174. The van der Waals surface area contributed by atoms with E-state index in [1.807, 2.05) is 0 Å². The smallest absolute Gasteiger partial charge is 0.341 e. The third kappa shape index (κ3) is 4.92. The maximum absolute atomic E-state index is 14.6. The number of carbonyl (C=O) groups is 1. The maximum Gasteiger partial charge on any atom is 0.341 e. The van der Waals surface area contributed by atoms with Crippen LogP contribution in [0.2, 0.25) is 0 Å². The molecule has 0 saturated carbocycles. The molecule has 4 nitrogen and oxygen atoms in total. The molecule has 0 aliphatic rings. The zero-order valence-corrected chi connectivity index (χ0v) is 16.1. The summed E-state index contributed by atoms with van der Waals surface area (Å²) in [5, 5.41) is 8.68. The Bertz CT molecular complexity index is 1070. The van der Waals surface area contributed by atoms with Gasteiger partial charge in [-0.1, -0.05) is 18.2 Å². The summed E-state index contributed by atoms with van der Waals surface area (Å²) >= 11 is 0. The van der Waals surface area contributed by atoms with Crippen LogP contribution in [-0.2, 0) is 17.6 Å². The Morgan fingerprint density at radius 1 is 0.933 bits per heavy atom. The highest BCUT2D eigenvalue weighted by Crippen LogP contribution is 2.30. The van der Waals surface area contributed by atoms with Gasteiger partial charge in [0, 0.05) is 5.56 Å². The van der Waals surface area contributed by atoms with Crippen LogP contribution in [0.1, 0.15) is 11.1 Å². The third-order valence-electron chi connectivity index (χ3n) is 4.58. The van der Waals surface area contributed by atoms with E-state index in [1.165, 1.54) is 19.2 Å². The van der Waals surface area contributed by atoms with Crippen molar-refractivity contribution >= 4 is 5.97 Å². The first-order chi connectivity index (χ1) is 14.4. The van der Waals surface area contributed by atoms with Crippen LogP contribution >= 0.6 is 0 Å². The average molecular weight is 416 g/mol. The lowest BCUT2D eigenvalue weighted by atomic mass is 9.97. The summed E-state index contributed by atoms with van der Waals surface area (Å²) in [6, 6.07) is 13.5. The average Bonchev–Trinajstić information content (AvgIpc) is 2.72. The molecule has 3 aromatic carbocycles. The minimum atomic E-state index is -1.26. The molecule has 0 unspecified atom stereocenters. The van der Waals surface area contributed by atoms with E-state index in [0.717, 1.165) is 17.7 Å². The van der Waals surface area contributed by atoms with E-state index in [9.17, 15) is 18.0 Å². The SMILES string of the molecule is COc1ccc(-c2cccc(F)c2)cc1CCc1c(F)ccc(OCC(=O)O)c1F. The fourth-order valence-corrected chi connectivity index (χ4v) is 3.14. The maximum atomic E-state index is 14.6. The van der Waals surface area contributed by atoms with Crippen molar-refractivity contribution in [2.75, 3.05) is 13.7 Å². The van der Waals surface area contributed by atoms with Gasteiger partial charge in [-0.25, -0.2) is 18.0 Å². The minimum Gasteiger partial charge on any atom is -0.496 e. The van der Waals surface area contributed by atoms with Crippen molar-refractivity contribution in [1.82, 2.24) is 0 Å². The molecule has 156 valence electrons. The van der Waals surface area contributed by atoms with Crippen LogP contribution < -0.4 is 9.47 Å². The molecule has 0 atom stereocenters. The van der Waals surface area contributed by atoms with Crippen LogP contribution in [0, 0.1) is 17.5 Å². The molecule has 1 N–H and O–H groups in total. The lowest BCUT2D eigenvalue weighted by Gasteiger charge is -2.13. The Kier molecular flexibility index (Phi) is 6.61. The summed E-state index contributed by atoms with van der Waals surface area (Å²) in [6.07, 6.45) is 0.230. The number of carboxylic acid groups (broad SMARTS) is 1. The van der Waals surface area contributed by atoms with Crippen molar-refractivity contribution in [2.24, 2.45) is 0 Å². The summed E-state index contributed by atoms with van der Waals surface area (Å²) in [7, 11) is 1.49. The molecule has 0 aliphatic carbocycles. The molecule has 0 aromatic heterocycles. The quantitative estimate of drug-likeness (QED) is 0.560. The van der Waals surface area contributed by atoms with E-state index in [4.69, 9.17) is 14.6 Å². The molecule has 0 bridgehead atoms. The summed E-state index contributed by atoms with van der Waals surface area (Å²) < 4.78 is 52.6. The number of methoxy groups -OCH3 is 1. The molecule has 0 spiro atoms. The second kappa shape index (κ2) is 9.35. The number of rotatable bonds is 8. The second-order valence-corrected chi connectivity index (χ2v) is 6.56. The van der Waals surface area contributed by atoms with E-state index >= 15 is 0 Å². The van der Waals surface area contributed by atoms with Gasteiger partial charge in [-0.3, -0.25) is 0 Å². The number of hydrogen-bond donors (Lipinski definition) is 1. The molecule has 0 fully saturated rings. The van der Waals surface area contributed by atoms with Crippen LogP contribution in [0.15, 0.2) is 54.6 Å². The molecule has 3 rings (SSSR count). The van der Waals surface area contributed by atoms with Gasteiger partial charge in [-0.2, -0.15) is 0 Å². The number of hydrogen-bond acceptors (Lipinski definition) is 3. The van der Waals surface area contributed by atoms with E-state index < -0.39 is 24.2 Å². The van der Waals surface area contributed by atoms with E-state index in [-0.39, 0.29) is 30.0 Å². The lowest BCUT2D eigenvalue weighted by Crippen LogP contribution is -2.11. The number of ether oxygens (including phenoxy) is 2. The topological polar surface area (TPSA) is 55.8 Å². The van der Waals surface area contributed by atoms with E-state index in [2.05, 4.69) is 0 Å². The molecule has 0 aliphatic heterocycles. The monoisotopic (exact) mass is 416 g/mol. The van der Waals surface area contributed by atoms with Crippen LogP contribution in [0.3, 0.4) is 0 Å². The number of carboxylic acids is 1. The summed E-state index contributed by atoms with van der Waals surface area (Å²) in [5.74, 6) is -3.11. The van der Waals surface area contributed by atoms with Crippen molar-refractivity contribution in [2.45, 2.75) is 12.8 Å². The van der Waals surface area contributed by atoms with Gasteiger partial charge in [0.2, 0.25) is 0 Å². The van der Waals surface area contributed by atoms with Crippen LogP contribution in [0.25, 0.3) is 11.1 Å². The zero-order chi connectivity index (χ0) is 21.7. The largest absolute Gasteiger partial charge is 0.496 e. The van der Waals surface area contributed by atoms with E-state index in [1.54, 1.807) is 30.3 Å². The van der Waals surface area contributed by atoms with Gasteiger partial charge in [-0.05, 0) is 65.9 Å². The first kappa shape index (κ1) is 21.2. The second-order valence-electron chi connectivity index (χ2n) is 6.56. The molecular weight excluding hydrogens is 397 g/mol. The standard InChI is InChI=1S/C23H19F3O4/c1-29-20-9-6-15(14-3-2-4-17(24)12-14)11-16(20)5-7-18-19(25)8-10-21(23(18)26)30-13-22(27)28/h2-4,6,8-12H,5,7,13H2,1H3,(H,27,28). The zero-order valence-electron chi connectivity index (χ0n) is 16.1. The van der Waals surface area contributed by atoms with Gasteiger partial charge < -0.3 is 14.6 Å². The van der Waals surface area contributed by atoms with Crippen molar-refractivity contribution in [3.63, 3.8) is 0 Å². The first-order valence-electron chi connectivity index (χ1n) is 9.13. The molecule has 30 heavy (non-hydrogen) atoms. The van der Waals surface area contributed by atoms with Crippen molar-refractivity contribution < 1.29 is 32.5 Å². The van der Waals surface area contributed by atoms with Crippen molar-refractivity contribution in [3.05, 3.63) is 83.2 Å². The predicted molar refractivity (Wildman–Crippen MR) is 105 cm³/mol. The Balaban J connectivity index is 1.87. The normalized spacial score (nSPS) is 10.7. The molecule has 0 saturated heterocycles. The molecule has 7 heteroatoms. The molecule has 0 radical (unpaired) electrons. The fourth-order valence-electron chi connectivity index (χ4n) is 3.14. The van der Waals surface area contributed by atoms with Crippen LogP contribution in [0.5, 0.6) is 11.5 Å². The lowest BCUT2D eigenvalue weighted by molar-refractivity contribution is -0.139. The van der Waals surface area contributed by atoms with Gasteiger partial charge in [0.1, 0.15) is 17.4 Å². The third-order valence-corrected chi connectivity index (χ3v) is 4.58. The van der Waals surface area contributed by atoms with Gasteiger partial charge in [0.05, 0.1) is 7.11 Å². The summed E-state index contributed by atoms with van der Waals surface area (Å²) in [4.78, 5) is 10.6. The van der Waals surface area contributed by atoms with Crippen molar-refractivity contribution in [3.8, 4) is 22.6 Å². The first-order valence-corrected chi connectivity index (χ1v) is 9.13. The minimum absolute atomic E-state index is 0.00903. The Morgan fingerprint density at radius 2 is 1.67 bits per heavy atom. The predicted octanol–water partition coefficient (Wildman–Crippen LogP) is 5.03. The highest BCUT2D eigenvalue weighted by Gasteiger charge is 2.17. The number of aliphatic carboxylic acids is 1. The Hall–Kier alpha value is -3.48. The van der Waals surface area contributed by atoms with Crippen molar-refractivity contribution in [1.29, 1.82) is 0 Å². The van der Waals surface area contributed by atoms with Crippen LogP contribution in [0.4, 0.5) is 13.2 Å². The summed E-state index contributed by atoms with van der Waals surface area (Å²) in [5.41, 5.74) is 1.89. The van der Waals surface area contributed by atoms with Gasteiger partial charge in [0.25, 0.3) is 0 Å². The van der Waals surface area contributed by atoms with Gasteiger partial charge >= 0.3 is 5.97 Å².